The van der Waals surface area contributed by atoms with E-state index in [-0.39, 0.29) is 5.95 Å². The highest BCUT2D eigenvalue weighted by Gasteiger charge is 2.23. The largest absolute Gasteiger partial charge is 0.495 e. The fourth-order valence-electron chi connectivity index (χ4n) is 1.74. The lowest BCUT2D eigenvalue weighted by molar-refractivity contribution is 0.255. The van der Waals surface area contributed by atoms with Crippen molar-refractivity contribution in [1.29, 1.82) is 0 Å². The minimum atomic E-state index is -0.723. The van der Waals surface area contributed by atoms with Gasteiger partial charge in [0.2, 0.25) is 5.95 Å². The Balaban J connectivity index is 2.59. The van der Waals surface area contributed by atoms with E-state index < -0.39 is 6.03 Å². The molecule has 2 amide bonds. The van der Waals surface area contributed by atoms with Crippen molar-refractivity contribution in [3.63, 3.8) is 0 Å². The minimum Gasteiger partial charge on any atom is -0.495 e. The Kier molecular flexibility index (Phi) is 3.99. The molecule has 0 radical (unpaired) electrons. The predicted molar refractivity (Wildman–Crippen MR) is 74.9 cm³/mol. The van der Waals surface area contributed by atoms with Gasteiger partial charge in [-0.2, -0.15) is 0 Å². The fourth-order valence-corrected chi connectivity index (χ4v) is 1.97. The lowest BCUT2D eigenvalue weighted by Gasteiger charge is -2.21. The second kappa shape index (κ2) is 5.70. The molecule has 0 saturated carbocycles. The maximum absolute atomic E-state index is 11.7. The molecule has 0 saturated heterocycles. The molecular formula is C12H13ClN4O3. The normalized spacial score (nSPS) is 10.2. The topological polar surface area (TPSA) is 93.5 Å². The first-order chi connectivity index (χ1) is 9.58. The number of carbonyl (C=O) groups is 1. The van der Waals surface area contributed by atoms with E-state index in [0.29, 0.717) is 22.2 Å². The SMILES string of the molecule is COc1cc(OC)c(N(C(N)=O)c2ncc[nH]2)cc1Cl. The van der Waals surface area contributed by atoms with Crippen LogP contribution in [0.5, 0.6) is 11.5 Å². The molecule has 8 heteroatoms. The van der Waals surface area contributed by atoms with E-state index >= 15 is 0 Å². The highest BCUT2D eigenvalue weighted by Crippen LogP contribution is 2.39. The second-order valence-electron chi connectivity index (χ2n) is 3.75. The van der Waals surface area contributed by atoms with Crippen LogP contribution in [0, 0.1) is 0 Å². The van der Waals surface area contributed by atoms with Gasteiger partial charge in [-0.3, -0.25) is 0 Å². The summed E-state index contributed by atoms with van der Waals surface area (Å²) < 4.78 is 10.3. The Morgan fingerprint density at radius 3 is 2.55 bits per heavy atom. The average molecular weight is 297 g/mol. The molecule has 2 aromatic rings. The summed E-state index contributed by atoms with van der Waals surface area (Å²) in [6, 6.07) is 2.36. The third-order valence-corrected chi connectivity index (χ3v) is 2.91. The number of rotatable bonds is 4. The van der Waals surface area contributed by atoms with Gasteiger partial charge in [-0.25, -0.2) is 14.7 Å². The first-order valence-electron chi connectivity index (χ1n) is 5.59. The number of nitrogens with two attached hydrogens (primary N) is 1. The number of urea groups is 1. The molecule has 0 atom stereocenters. The number of aromatic nitrogens is 2. The van der Waals surface area contributed by atoms with Crippen LogP contribution in [0.2, 0.25) is 5.02 Å². The summed E-state index contributed by atoms with van der Waals surface area (Å²) in [5.74, 6) is 1.06. The summed E-state index contributed by atoms with van der Waals surface area (Å²) in [5, 5.41) is 0.320. The van der Waals surface area contributed by atoms with Crippen molar-refractivity contribution in [2.75, 3.05) is 19.1 Å². The highest BCUT2D eigenvalue weighted by molar-refractivity contribution is 6.32. The van der Waals surface area contributed by atoms with Crippen molar-refractivity contribution in [1.82, 2.24) is 9.97 Å². The lowest BCUT2D eigenvalue weighted by Crippen LogP contribution is -2.32. The zero-order chi connectivity index (χ0) is 14.7. The number of methoxy groups -OCH3 is 2. The Morgan fingerprint density at radius 1 is 1.35 bits per heavy atom. The van der Waals surface area contributed by atoms with Gasteiger partial charge in [0, 0.05) is 18.5 Å². The van der Waals surface area contributed by atoms with E-state index in [0.717, 1.165) is 4.90 Å². The second-order valence-corrected chi connectivity index (χ2v) is 4.15. The number of primary amides is 1. The fraction of sp³-hybridized carbons (Fsp3) is 0.167. The van der Waals surface area contributed by atoms with E-state index in [1.165, 1.54) is 26.5 Å². The molecule has 1 heterocycles. The number of H-pyrrole nitrogens is 1. The molecule has 0 fully saturated rings. The number of benzene rings is 1. The molecule has 7 nitrogen and oxygen atoms in total. The molecule has 0 aliphatic carbocycles. The number of nitrogens with zero attached hydrogens (tertiary/aromatic N) is 2. The smallest absolute Gasteiger partial charge is 0.326 e. The van der Waals surface area contributed by atoms with E-state index in [4.69, 9.17) is 26.8 Å². The third kappa shape index (κ3) is 2.48. The number of carbonyl (C=O) groups excluding carboxylic acids is 1. The molecule has 0 bridgehead atoms. The maximum atomic E-state index is 11.7. The first kappa shape index (κ1) is 14.0. The standard InChI is InChI=1S/C12H13ClN4O3/c1-19-9-6-10(20-2)8(5-7(9)13)17(11(14)18)12-15-3-4-16-12/h3-6H,1-2H3,(H2,14,18)(H,15,16). The zero-order valence-corrected chi connectivity index (χ0v) is 11.6. The molecule has 20 heavy (non-hydrogen) atoms. The van der Waals surface area contributed by atoms with Crippen LogP contribution in [0.25, 0.3) is 0 Å². The van der Waals surface area contributed by atoms with Gasteiger partial charge in [0.15, 0.2) is 0 Å². The quantitative estimate of drug-likeness (QED) is 0.905. The van der Waals surface area contributed by atoms with Gasteiger partial charge in [-0.15, -0.1) is 0 Å². The summed E-state index contributed by atoms with van der Waals surface area (Å²) >= 11 is 6.08. The lowest BCUT2D eigenvalue weighted by atomic mass is 10.2. The Labute approximate surface area is 120 Å². The van der Waals surface area contributed by atoms with Crippen LogP contribution in [0.15, 0.2) is 24.5 Å². The number of nitrogens with one attached hydrogen (secondary N) is 1. The molecule has 2 rings (SSSR count). The van der Waals surface area contributed by atoms with Crippen LogP contribution in [-0.4, -0.2) is 30.2 Å². The van der Waals surface area contributed by atoms with Crippen molar-refractivity contribution in [3.05, 3.63) is 29.5 Å². The van der Waals surface area contributed by atoms with Gasteiger partial charge < -0.3 is 20.2 Å². The molecule has 0 aliphatic rings. The number of imidazole rings is 1. The molecule has 0 unspecified atom stereocenters. The third-order valence-electron chi connectivity index (χ3n) is 2.61. The molecule has 1 aromatic carbocycles. The van der Waals surface area contributed by atoms with Crippen LogP contribution < -0.4 is 20.1 Å². The zero-order valence-electron chi connectivity index (χ0n) is 10.9. The van der Waals surface area contributed by atoms with Crippen molar-refractivity contribution in [3.8, 4) is 11.5 Å². The number of anilines is 2. The molecule has 106 valence electrons. The Morgan fingerprint density at radius 2 is 2.05 bits per heavy atom. The summed E-state index contributed by atoms with van der Waals surface area (Å²) in [5.41, 5.74) is 5.76. The van der Waals surface area contributed by atoms with Crippen LogP contribution in [0.4, 0.5) is 16.4 Å². The molecule has 0 spiro atoms. The highest BCUT2D eigenvalue weighted by atomic mass is 35.5. The molecular weight excluding hydrogens is 284 g/mol. The predicted octanol–water partition coefficient (Wildman–Crippen LogP) is 2.30. The summed E-state index contributed by atoms with van der Waals surface area (Å²) in [4.78, 5) is 19.6. The van der Waals surface area contributed by atoms with Crippen LogP contribution in [0.1, 0.15) is 0 Å². The van der Waals surface area contributed by atoms with E-state index in [1.54, 1.807) is 12.3 Å². The van der Waals surface area contributed by atoms with Gasteiger partial charge in [-0.05, 0) is 6.07 Å². The number of ether oxygens (including phenoxy) is 2. The van der Waals surface area contributed by atoms with Gasteiger partial charge in [0.1, 0.15) is 11.5 Å². The average Bonchev–Trinajstić information content (AvgIpc) is 2.92. The van der Waals surface area contributed by atoms with Gasteiger partial charge in [0.05, 0.1) is 24.9 Å². The number of hydrogen-bond donors (Lipinski definition) is 2. The van der Waals surface area contributed by atoms with E-state index in [1.807, 2.05) is 0 Å². The molecule has 3 N–H and O–H groups in total. The monoisotopic (exact) mass is 296 g/mol. The summed E-state index contributed by atoms with van der Waals surface area (Å²) in [6.07, 6.45) is 3.08. The Hall–Kier alpha value is -2.41. The van der Waals surface area contributed by atoms with Crippen LogP contribution in [-0.2, 0) is 0 Å². The van der Waals surface area contributed by atoms with Gasteiger partial charge in [-0.1, -0.05) is 11.6 Å². The molecule has 0 aliphatic heterocycles. The molecule has 1 aromatic heterocycles. The minimum absolute atomic E-state index is 0.261. The van der Waals surface area contributed by atoms with Crippen molar-refractivity contribution >= 4 is 29.3 Å². The van der Waals surface area contributed by atoms with Gasteiger partial charge in [0.25, 0.3) is 0 Å². The Bertz CT molecular complexity index is 615. The number of hydrogen-bond acceptors (Lipinski definition) is 4. The van der Waals surface area contributed by atoms with Crippen molar-refractivity contribution in [2.45, 2.75) is 0 Å². The van der Waals surface area contributed by atoms with Crippen LogP contribution >= 0.6 is 11.6 Å². The van der Waals surface area contributed by atoms with Crippen molar-refractivity contribution in [2.24, 2.45) is 5.73 Å². The summed E-state index contributed by atoms with van der Waals surface area (Å²) in [7, 11) is 2.95. The van der Waals surface area contributed by atoms with Crippen LogP contribution in [0.3, 0.4) is 0 Å². The number of amides is 2. The van der Waals surface area contributed by atoms with Gasteiger partial charge >= 0.3 is 6.03 Å². The number of aromatic amines is 1. The van der Waals surface area contributed by atoms with Crippen molar-refractivity contribution < 1.29 is 14.3 Å². The van der Waals surface area contributed by atoms with E-state index in [9.17, 15) is 4.79 Å². The first-order valence-corrected chi connectivity index (χ1v) is 5.96. The van der Waals surface area contributed by atoms with E-state index in [2.05, 4.69) is 9.97 Å². The number of halogens is 1. The maximum Gasteiger partial charge on any atom is 0.326 e. The summed E-state index contributed by atoms with van der Waals surface area (Å²) in [6.45, 7) is 0.